The van der Waals surface area contributed by atoms with E-state index >= 15 is 0 Å². The summed E-state index contributed by atoms with van der Waals surface area (Å²) in [6, 6.07) is 17.0. The van der Waals surface area contributed by atoms with E-state index < -0.39 is 0 Å². The summed E-state index contributed by atoms with van der Waals surface area (Å²) in [6.45, 7) is 0. The molecule has 28 heavy (non-hydrogen) atoms. The van der Waals surface area contributed by atoms with Crippen molar-refractivity contribution in [3.8, 4) is 11.9 Å². The van der Waals surface area contributed by atoms with E-state index in [2.05, 4.69) is 9.97 Å². The lowest BCUT2D eigenvalue weighted by molar-refractivity contribution is 0.0961. The Labute approximate surface area is 167 Å². The number of hydrogen-bond acceptors (Lipinski definition) is 5. The molecule has 142 valence electrons. The molecule has 4 rings (SSSR count). The minimum atomic E-state index is -0.246. The second-order valence-electron chi connectivity index (χ2n) is 6.32. The number of carbonyl (C=O) groups is 1. The van der Waals surface area contributed by atoms with Gasteiger partial charge in [-0.1, -0.05) is 41.9 Å². The van der Waals surface area contributed by atoms with E-state index in [1.807, 2.05) is 54.6 Å². The van der Waals surface area contributed by atoms with Crippen molar-refractivity contribution < 1.29 is 14.3 Å². The number of rotatable bonds is 4. The van der Waals surface area contributed by atoms with Crippen molar-refractivity contribution in [2.24, 2.45) is 0 Å². The quantitative estimate of drug-likeness (QED) is 0.665. The Hall–Kier alpha value is -3.12. The zero-order valence-corrected chi connectivity index (χ0v) is 16.2. The molecular weight excluding hydrogens is 378 g/mol. The molecule has 1 atom stereocenters. The fourth-order valence-electron chi connectivity index (χ4n) is 3.44. The van der Waals surface area contributed by atoms with Crippen LogP contribution < -0.4 is 14.4 Å². The molecule has 1 aliphatic heterocycles. The first-order valence-electron chi connectivity index (χ1n) is 8.75. The molecule has 0 saturated carbocycles. The molecule has 0 N–H and O–H groups in total. The van der Waals surface area contributed by atoms with Crippen molar-refractivity contribution in [3.63, 3.8) is 0 Å². The Morgan fingerprint density at radius 3 is 2.36 bits per heavy atom. The molecule has 6 nitrogen and oxygen atoms in total. The number of ether oxygens (including phenoxy) is 2. The first-order valence-corrected chi connectivity index (χ1v) is 9.13. The Morgan fingerprint density at radius 2 is 1.71 bits per heavy atom. The van der Waals surface area contributed by atoms with E-state index in [9.17, 15) is 4.79 Å². The van der Waals surface area contributed by atoms with E-state index in [1.165, 1.54) is 14.2 Å². The Balaban J connectivity index is 1.90. The van der Waals surface area contributed by atoms with Crippen LogP contribution in [0.25, 0.3) is 0 Å². The highest BCUT2D eigenvalue weighted by Crippen LogP contribution is 2.39. The van der Waals surface area contributed by atoms with Crippen LogP contribution >= 0.6 is 11.6 Å². The van der Waals surface area contributed by atoms with E-state index in [4.69, 9.17) is 21.1 Å². The summed E-state index contributed by atoms with van der Waals surface area (Å²) >= 11 is 6.06. The molecular formula is C21H18ClN3O3. The molecule has 1 aromatic heterocycles. The van der Waals surface area contributed by atoms with Gasteiger partial charge in [0.1, 0.15) is 5.56 Å². The lowest BCUT2D eigenvalue weighted by atomic mass is 9.92. The number of carbonyl (C=O) groups excluding carboxylic acids is 1. The van der Waals surface area contributed by atoms with Crippen LogP contribution in [-0.4, -0.2) is 30.1 Å². The van der Waals surface area contributed by atoms with Crippen molar-refractivity contribution in [3.05, 3.63) is 76.4 Å². The standard InChI is InChI=1S/C21H18ClN3O3/c1-27-19-18-16(23-21(24-19)28-2)12-17(13-8-10-14(22)11-9-13)25(20(18)26)15-6-4-3-5-7-15/h3-11,17H,12H2,1-2H3. The van der Waals surface area contributed by atoms with E-state index in [-0.39, 0.29) is 23.8 Å². The molecule has 1 amide bonds. The number of fused-ring (bicyclic) bond motifs is 1. The van der Waals surface area contributed by atoms with Gasteiger partial charge in [-0.15, -0.1) is 0 Å². The van der Waals surface area contributed by atoms with Crippen molar-refractivity contribution in [1.29, 1.82) is 0 Å². The largest absolute Gasteiger partial charge is 0.480 e. The van der Waals surface area contributed by atoms with Crippen molar-refractivity contribution in [2.75, 3.05) is 19.1 Å². The van der Waals surface area contributed by atoms with Gasteiger partial charge < -0.3 is 14.4 Å². The third kappa shape index (κ3) is 3.16. The molecule has 0 saturated heterocycles. The van der Waals surface area contributed by atoms with Crippen molar-refractivity contribution >= 4 is 23.2 Å². The first kappa shape index (κ1) is 18.3. The van der Waals surface area contributed by atoms with E-state index in [0.717, 1.165) is 11.3 Å². The first-order chi connectivity index (χ1) is 13.6. The summed E-state index contributed by atoms with van der Waals surface area (Å²) < 4.78 is 10.6. The third-order valence-corrected chi connectivity index (χ3v) is 4.98. The number of anilines is 1. The molecule has 7 heteroatoms. The molecule has 1 unspecified atom stereocenters. The van der Waals surface area contributed by atoms with Gasteiger partial charge in [-0.3, -0.25) is 4.79 Å². The smallest absolute Gasteiger partial charge is 0.319 e. The number of halogens is 1. The van der Waals surface area contributed by atoms with Gasteiger partial charge in [0.05, 0.1) is 26.0 Å². The van der Waals surface area contributed by atoms with Crippen LogP contribution in [0.4, 0.5) is 5.69 Å². The molecule has 0 spiro atoms. The maximum absolute atomic E-state index is 13.5. The molecule has 2 aromatic carbocycles. The molecule has 0 aliphatic carbocycles. The minimum Gasteiger partial charge on any atom is -0.480 e. The highest BCUT2D eigenvalue weighted by Gasteiger charge is 2.38. The zero-order valence-electron chi connectivity index (χ0n) is 15.4. The highest BCUT2D eigenvalue weighted by atomic mass is 35.5. The van der Waals surface area contributed by atoms with Gasteiger partial charge in [-0.25, -0.2) is 0 Å². The van der Waals surface area contributed by atoms with E-state index in [0.29, 0.717) is 22.7 Å². The fourth-order valence-corrected chi connectivity index (χ4v) is 3.56. The molecule has 2 heterocycles. The molecule has 1 aliphatic rings. The van der Waals surface area contributed by atoms with E-state index in [1.54, 1.807) is 4.90 Å². The second-order valence-corrected chi connectivity index (χ2v) is 6.76. The predicted molar refractivity (Wildman–Crippen MR) is 106 cm³/mol. The normalized spacial score (nSPS) is 15.9. The summed E-state index contributed by atoms with van der Waals surface area (Å²) in [7, 11) is 2.96. The van der Waals surface area contributed by atoms with Gasteiger partial charge in [0.25, 0.3) is 5.91 Å². The number of amides is 1. The number of hydrogen-bond donors (Lipinski definition) is 0. The third-order valence-electron chi connectivity index (χ3n) is 4.73. The van der Waals surface area contributed by atoms with Gasteiger partial charge in [-0.2, -0.15) is 9.97 Å². The average molecular weight is 396 g/mol. The fraction of sp³-hybridized carbons (Fsp3) is 0.190. The van der Waals surface area contributed by atoms with Crippen LogP contribution in [-0.2, 0) is 6.42 Å². The average Bonchev–Trinajstić information content (AvgIpc) is 2.73. The molecule has 3 aromatic rings. The van der Waals surface area contributed by atoms with Crippen molar-refractivity contribution in [1.82, 2.24) is 9.97 Å². The summed E-state index contributed by atoms with van der Waals surface area (Å²) in [4.78, 5) is 23.9. The Morgan fingerprint density at radius 1 is 1.00 bits per heavy atom. The van der Waals surface area contributed by atoms with Crippen LogP contribution in [0.3, 0.4) is 0 Å². The highest BCUT2D eigenvalue weighted by molar-refractivity contribution is 6.30. The summed E-state index contributed by atoms with van der Waals surface area (Å²) in [5.41, 5.74) is 2.71. The second kappa shape index (κ2) is 7.48. The van der Waals surface area contributed by atoms with Gasteiger partial charge in [-0.05, 0) is 29.8 Å². The summed E-state index contributed by atoms with van der Waals surface area (Å²) in [5.74, 6) is -0.00533. The van der Waals surface area contributed by atoms with Crippen LogP contribution in [0, 0.1) is 0 Å². The lowest BCUT2D eigenvalue weighted by Gasteiger charge is -2.36. The Kier molecular flexibility index (Phi) is 4.88. The minimum absolute atomic E-state index is 0.173. The number of nitrogens with zero attached hydrogens (tertiary/aromatic N) is 3. The monoisotopic (exact) mass is 395 g/mol. The maximum atomic E-state index is 13.5. The van der Waals surface area contributed by atoms with Crippen LogP contribution in [0.5, 0.6) is 11.9 Å². The topological polar surface area (TPSA) is 64.5 Å². The SMILES string of the molecule is COc1nc2c(c(OC)n1)C(=O)N(c1ccccc1)C(c1ccc(Cl)cc1)C2. The molecule has 0 radical (unpaired) electrons. The lowest BCUT2D eigenvalue weighted by Crippen LogP contribution is -2.41. The van der Waals surface area contributed by atoms with Crippen LogP contribution in [0.2, 0.25) is 5.02 Å². The van der Waals surface area contributed by atoms with Crippen LogP contribution in [0.1, 0.15) is 27.7 Å². The van der Waals surface area contributed by atoms with Gasteiger partial charge in [0.2, 0.25) is 5.88 Å². The van der Waals surface area contributed by atoms with Gasteiger partial charge in [0, 0.05) is 17.1 Å². The number of benzene rings is 2. The molecule has 0 bridgehead atoms. The maximum Gasteiger partial charge on any atom is 0.319 e. The number of methoxy groups -OCH3 is 2. The van der Waals surface area contributed by atoms with Gasteiger partial charge >= 0.3 is 6.01 Å². The van der Waals surface area contributed by atoms with Crippen molar-refractivity contribution in [2.45, 2.75) is 12.5 Å². The number of para-hydroxylation sites is 1. The predicted octanol–water partition coefficient (Wildman–Crippen LogP) is 4.09. The van der Waals surface area contributed by atoms with Gasteiger partial charge in [0.15, 0.2) is 0 Å². The molecule has 0 fully saturated rings. The summed E-state index contributed by atoms with van der Waals surface area (Å²) in [6.07, 6.45) is 0.493. The Bertz CT molecular complexity index is 1010. The summed E-state index contributed by atoms with van der Waals surface area (Å²) in [5, 5.41) is 0.642. The zero-order chi connectivity index (χ0) is 19.7. The van der Waals surface area contributed by atoms with Crippen LogP contribution in [0.15, 0.2) is 54.6 Å². The number of aromatic nitrogens is 2.